The van der Waals surface area contributed by atoms with Crippen molar-refractivity contribution in [2.24, 2.45) is 0 Å². The number of halogens is 1. The average molecular weight is 381 g/mol. The number of hydrogen-bond donors (Lipinski definition) is 1. The van der Waals surface area contributed by atoms with Gasteiger partial charge in [-0.25, -0.2) is 4.39 Å². The monoisotopic (exact) mass is 381 g/mol. The molecule has 1 heterocycles. The quantitative estimate of drug-likeness (QED) is 0.690. The average Bonchev–Trinajstić information content (AvgIpc) is 2.70. The van der Waals surface area contributed by atoms with Crippen LogP contribution in [0.5, 0.6) is 17.2 Å². The molecule has 0 aliphatic carbocycles. The van der Waals surface area contributed by atoms with Gasteiger partial charge in [-0.1, -0.05) is 0 Å². The number of ether oxygens (including phenoxy) is 3. The number of hydrogen-bond acceptors (Lipinski definition) is 6. The molecule has 0 aliphatic rings. The van der Waals surface area contributed by atoms with Crippen LogP contribution in [0.2, 0.25) is 0 Å². The van der Waals surface area contributed by atoms with E-state index >= 15 is 0 Å². The zero-order chi connectivity index (χ0) is 20.3. The largest absolute Gasteiger partial charge is 0.493 e. The number of fused-ring (bicyclic) bond motifs is 1. The Morgan fingerprint density at radius 2 is 1.86 bits per heavy atom. The van der Waals surface area contributed by atoms with Crippen molar-refractivity contribution in [3.05, 3.63) is 53.0 Å². The SMILES string of the molecule is COc1ccc(CNc2c(C#N)cnc3c(C)cc(F)cc23)c(OC)c1OC. The standard InChI is InChI=1S/C21H20FN3O3/c1-12-7-15(22)8-16-18(12)24-11-14(9-23)19(16)25-10-13-5-6-17(26-2)21(28-4)20(13)27-3/h5-8,11H,10H2,1-4H3,(H,24,25). The lowest BCUT2D eigenvalue weighted by Gasteiger charge is -2.17. The third kappa shape index (κ3) is 3.37. The van der Waals surface area contributed by atoms with Crippen molar-refractivity contribution in [2.45, 2.75) is 13.5 Å². The first-order chi connectivity index (χ1) is 13.5. The fourth-order valence-electron chi connectivity index (χ4n) is 3.20. The number of rotatable bonds is 6. The number of pyridine rings is 1. The van der Waals surface area contributed by atoms with Gasteiger partial charge in [0.05, 0.1) is 38.1 Å². The van der Waals surface area contributed by atoms with Crippen LogP contribution in [0, 0.1) is 24.1 Å². The van der Waals surface area contributed by atoms with E-state index in [0.29, 0.717) is 51.5 Å². The van der Waals surface area contributed by atoms with E-state index in [1.54, 1.807) is 27.2 Å². The molecule has 0 unspecified atom stereocenters. The fraction of sp³-hybridized carbons (Fsp3) is 0.238. The maximum absolute atomic E-state index is 14.0. The lowest BCUT2D eigenvalue weighted by atomic mass is 10.1. The summed E-state index contributed by atoms with van der Waals surface area (Å²) in [5, 5.41) is 13.3. The number of benzene rings is 2. The summed E-state index contributed by atoms with van der Waals surface area (Å²) >= 11 is 0. The van der Waals surface area contributed by atoms with E-state index in [4.69, 9.17) is 14.2 Å². The second-order valence-corrected chi connectivity index (χ2v) is 6.12. The minimum atomic E-state index is -0.381. The smallest absolute Gasteiger partial charge is 0.203 e. The summed E-state index contributed by atoms with van der Waals surface area (Å²) in [5.41, 5.74) is 2.99. The van der Waals surface area contributed by atoms with Crippen molar-refractivity contribution in [3.63, 3.8) is 0 Å². The number of nitriles is 1. The molecule has 2 aromatic carbocycles. The van der Waals surface area contributed by atoms with Crippen molar-refractivity contribution >= 4 is 16.6 Å². The van der Waals surface area contributed by atoms with E-state index in [2.05, 4.69) is 16.4 Å². The zero-order valence-corrected chi connectivity index (χ0v) is 16.1. The number of nitrogens with one attached hydrogen (secondary N) is 1. The number of nitrogens with zero attached hydrogens (tertiary/aromatic N) is 2. The van der Waals surface area contributed by atoms with Gasteiger partial charge in [-0.05, 0) is 36.8 Å². The molecular formula is C21H20FN3O3. The third-order valence-corrected chi connectivity index (χ3v) is 4.49. The van der Waals surface area contributed by atoms with Crippen LogP contribution in [0.4, 0.5) is 10.1 Å². The first kappa shape index (κ1) is 19.2. The molecule has 7 heteroatoms. The van der Waals surface area contributed by atoms with Gasteiger partial charge in [0.15, 0.2) is 11.5 Å². The molecule has 0 fully saturated rings. The van der Waals surface area contributed by atoms with Crippen molar-refractivity contribution in [3.8, 4) is 23.3 Å². The Bertz CT molecular complexity index is 1080. The van der Waals surface area contributed by atoms with Crippen molar-refractivity contribution < 1.29 is 18.6 Å². The Kier molecular flexibility index (Phi) is 5.50. The minimum absolute atomic E-state index is 0.326. The van der Waals surface area contributed by atoms with E-state index in [-0.39, 0.29) is 5.82 Å². The molecule has 1 N–H and O–H groups in total. The van der Waals surface area contributed by atoms with Crippen LogP contribution >= 0.6 is 0 Å². The number of aromatic nitrogens is 1. The Morgan fingerprint density at radius 3 is 2.50 bits per heavy atom. The highest BCUT2D eigenvalue weighted by Gasteiger charge is 2.17. The van der Waals surface area contributed by atoms with Crippen LogP contribution in [0.1, 0.15) is 16.7 Å². The zero-order valence-electron chi connectivity index (χ0n) is 16.1. The van der Waals surface area contributed by atoms with Crippen LogP contribution in [-0.2, 0) is 6.54 Å². The van der Waals surface area contributed by atoms with Gasteiger partial charge in [-0.15, -0.1) is 0 Å². The van der Waals surface area contributed by atoms with Gasteiger partial charge in [0.2, 0.25) is 5.75 Å². The van der Waals surface area contributed by atoms with Crippen LogP contribution in [0.3, 0.4) is 0 Å². The lowest BCUT2D eigenvalue weighted by Crippen LogP contribution is -2.06. The first-order valence-electron chi connectivity index (χ1n) is 8.54. The van der Waals surface area contributed by atoms with Crippen LogP contribution < -0.4 is 19.5 Å². The molecule has 0 saturated heterocycles. The Hall–Kier alpha value is -3.53. The second kappa shape index (κ2) is 8.01. The fourth-order valence-corrected chi connectivity index (χ4v) is 3.20. The van der Waals surface area contributed by atoms with E-state index < -0.39 is 0 Å². The molecule has 0 atom stereocenters. The molecule has 0 amide bonds. The van der Waals surface area contributed by atoms with Crippen LogP contribution in [0.25, 0.3) is 10.9 Å². The maximum Gasteiger partial charge on any atom is 0.203 e. The summed E-state index contributed by atoms with van der Waals surface area (Å²) in [5.74, 6) is 1.17. The predicted octanol–water partition coefficient (Wildman–Crippen LogP) is 4.19. The lowest BCUT2D eigenvalue weighted by molar-refractivity contribution is 0.322. The summed E-state index contributed by atoms with van der Waals surface area (Å²) in [7, 11) is 4.63. The van der Waals surface area contributed by atoms with Gasteiger partial charge in [-0.3, -0.25) is 4.98 Å². The number of aryl methyl sites for hydroxylation is 1. The highest BCUT2D eigenvalue weighted by molar-refractivity contribution is 5.95. The summed E-state index contributed by atoms with van der Waals surface area (Å²) in [6.07, 6.45) is 1.49. The molecule has 0 radical (unpaired) electrons. The van der Waals surface area contributed by atoms with Crippen molar-refractivity contribution in [1.29, 1.82) is 5.26 Å². The van der Waals surface area contributed by atoms with E-state index in [9.17, 15) is 9.65 Å². The molecule has 1 aromatic heterocycles. The van der Waals surface area contributed by atoms with Gasteiger partial charge in [0.25, 0.3) is 0 Å². The van der Waals surface area contributed by atoms with Gasteiger partial charge >= 0.3 is 0 Å². The normalized spacial score (nSPS) is 10.4. The summed E-state index contributed by atoms with van der Waals surface area (Å²) in [6, 6.07) is 8.52. The highest BCUT2D eigenvalue weighted by atomic mass is 19.1. The molecule has 0 bridgehead atoms. The van der Waals surface area contributed by atoms with E-state index in [1.807, 2.05) is 6.07 Å². The topological polar surface area (TPSA) is 76.4 Å². The summed E-state index contributed by atoms with van der Waals surface area (Å²) in [4.78, 5) is 4.30. The second-order valence-electron chi connectivity index (χ2n) is 6.12. The Balaban J connectivity index is 2.06. The molecule has 3 rings (SSSR count). The molecular weight excluding hydrogens is 361 g/mol. The Labute approximate surface area is 162 Å². The Morgan fingerprint density at radius 1 is 1.11 bits per heavy atom. The highest BCUT2D eigenvalue weighted by Crippen LogP contribution is 2.40. The molecule has 6 nitrogen and oxygen atoms in total. The predicted molar refractivity (Wildman–Crippen MR) is 105 cm³/mol. The molecule has 0 spiro atoms. The summed E-state index contributed by atoms with van der Waals surface area (Å²) < 4.78 is 30.2. The molecule has 0 saturated carbocycles. The summed E-state index contributed by atoms with van der Waals surface area (Å²) in [6.45, 7) is 2.11. The minimum Gasteiger partial charge on any atom is -0.493 e. The molecule has 28 heavy (non-hydrogen) atoms. The van der Waals surface area contributed by atoms with E-state index in [0.717, 1.165) is 5.56 Å². The first-order valence-corrected chi connectivity index (χ1v) is 8.54. The van der Waals surface area contributed by atoms with Crippen molar-refractivity contribution in [1.82, 2.24) is 4.98 Å². The van der Waals surface area contributed by atoms with Crippen LogP contribution in [0.15, 0.2) is 30.5 Å². The van der Waals surface area contributed by atoms with Crippen molar-refractivity contribution in [2.75, 3.05) is 26.6 Å². The van der Waals surface area contributed by atoms with E-state index in [1.165, 1.54) is 25.4 Å². The van der Waals surface area contributed by atoms with Gasteiger partial charge in [0, 0.05) is 23.7 Å². The number of methoxy groups -OCH3 is 3. The molecule has 0 aliphatic heterocycles. The van der Waals surface area contributed by atoms with Gasteiger partial charge in [0.1, 0.15) is 11.9 Å². The van der Waals surface area contributed by atoms with Crippen LogP contribution in [-0.4, -0.2) is 26.3 Å². The molecule has 144 valence electrons. The van der Waals surface area contributed by atoms with Gasteiger partial charge in [-0.2, -0.15) is 5.26 Å². The maximum atomic E-state index is 14.0. The number of anilines is 1. The molecule has 3 aromatic rings. The van der Waals surface area contributed by atoms with Gasteiger partial charge < -0.3 is 19.5 Å². The third-order valence-electron chi connectivity index (χ3n) is 4.49.